The minimum absolute atomic E-state index is 0.0138. The number of carbonyl (C=O) groups is 2. The van der Waals surface area contributed by atoms with Crippen LogP contribution >= 0.6 is 0 Å². The van der Waals surface area contributed by atoms with Crippen molar-refractivity contribution in [3.63, 3.8) is 0 Å². The molecule has 0 bridgehead atoms. The lowest BCUT2D eigenvalue weighted by atomic mass is 10.2. The van der Waals surface area contributed by atoms with Gasteiger partial charge in [0.25, 0.3) is 0 Å². The van der Waals surface area contributed by atoms with Gasteiger partial charge in [-0.3, -0.25) is 9.59 Å². The molecule has 0 aliphatic carbocycles. The van der Waals surface area contributed by atoms with Crippen molar-refractivity contribution in [2.24, 2.45) is 0 Å². The third-order valence-corrected chi connectivity index (χ3v) is 2.50. The number of carboxylic acid groups (broad SMARTS) is 1. The number of rotatable bonds is 9. The van der Waals surface area contributed by atoms with E-state index in [-0.39, 0.29) is 18.9 Å². The van der Waals surface area contributed by atoms with Gasteiger partial charge in [0, 0.05) is 13.0 Å². The van der Waals surface area contributed by atoms with Gasteiger partial charge in [-0.15, -0.1) is 0 Å². The summed E-state index contributed by atoms with van der Waals surface area (Å²) in [4.78, 5) is 21.6. The first-order chi connectivity index (χ1) is 9.18. The molecule has 1 amide bonds. The van der Waals surface area contributed by atoms with Crippen molar-refractivity contribution >= 4 is 11.9 Å². The molecule has 5 nitrogen and oxygen atoms in total. The summed E-state index contributed by atoms with van der Waals surface area (Å²) < 4.78 is 5.25. The lowest BCUT2D eigenvalue weighted by molar-refractivity contribution is -0.137. The Bertz CT molecular complexity index is 392. The van der Waals surface area contributed by atoms with Crippen molar-refractivity contribution in [3.05, 3.63) is 35.9 Å². The normalized spacial score (nSPS) is 10.1. The second-order valence-electron chi connectivity index (χ2n) is 4.14. The molecular formula is C14H19NO4. The molecule has 0 spiro atoms. The van der Waals surface area contributed by atoms with E-state index in [0.717, 1.165) is 6.42 Å². The minimum Gasteiger partial charge on any atom is -0.481 e. The van der Waals surface area contributed by atoms with E-state index >= 15 is 0 Å². The van der Waals surface area contributed by atoms with Gasteiger partial charge in [0.05, 0.1) is 6.61 Å². The minimum atomic E-state index is -0.853. The van der Waals surface area contributed by atoms with Gasteiger partial charge in [0.1, 0.15) is 6.61 Å². The van der Waals surface area contributed by atoms with E-state index in [0.29, 0.717) is 19.6 Å². The maximum atomic E-state index is 11.3. The SMILES string of the molecule is O=C(O)CCCNC(=O)COCCc1ccccc1. The van der Waals surface area contributed by atoms with Crippen molar-refractivity contribution in [3.8, 4) is 0 Å². The van der Waals surface area contributed by atoms with Crippen molar-refractivity contribution in [2.45, 2.75) is 19.3 Å². The lowest BCUT2D eigenvalue weighted by Gasteiger charge is -2.05. The third kappa shape index (κ3) is 7.94. The Morgan fingerprint density at radius 3 is 2.63 bits per heavy atom. The quantitative estimate of drug-likeness (QED) is 0.658. The largest absolute Gasteiger partial charge is 0.481 e. The number of hydrogen-bond donors (Lipinski definition) is 2. The molecule has 0 radical (unpaired) electrons. The molecule has 2 N–H and O–H groups in total. The molecule has 0 heterocycles. The molecule has 0 atom stereocenters. The van der Waals surface area contributed by atoms with Crippen LogP contribution in [0.2, 0.25) is 0 Å². The molecule has 1 aromatic carbocycles. The van der Waals surface area contributed by atoms with Crippen LogP contribution in [0.1, 0.15) is 18.4 Å². The van der Waals surface area contributed by atoms with Gasteiger partial charge in [-0.1, -0.05) is 30.3 Å². The summed E-state index contributed by atoms with van der Waals surface area (Å²) in [6.07, 6.45) is 1.27. The predicted octanol–water partition coefficient (Wildman–Crippen LogP) is 1.23. The van der Waals surface area contributed by atoms with Crippen LogP contribution in [0.3, 0.4) is 0 Å². The number of carbonyl (C=O) groups excluding carboxylic acids is 1. The Morgan fingerprint density at radius 1 is 1.21 bits per heavy atom. The van der Waals surface area contributed by atoms with Crippen LogP contribution < -0.4 is 5.32 Å². The summed E-state index contributed by atoms with van der Waals surface area (Å²) in [5, 5.41) is 11.0. The van der Waals surface area contributed by atoms with Crippen LogP contribution in [0.5, 0.6) is 0 Å². The predicted molar refractivity (Wildman–Crippen MR) is 70.8 cm³/mol. The number of aliphatic carboxylic acids is 1. The molecule has 0 aliphatic rings. The van der Waals surface area contributed by atoms with E-state index in [2.05, 4.69) is 5.32 Å². The smallest absolute Gasteiger partial charge is 0.303 e. The Balaban J connectivity index is 2.00. The molecule has 0 aromatic heterocycles. The monoisotopic (exact) mass is 265 g/mol. The third-order valence-electron chi connectivity index (χ3n) is 2.50. The zero-order valence-corrected chi connectivity index (χ0v) is 10.8. The molecule has 1 rings (SSSR count). The van der Waals surface area contributed by atoms with Crippen LogP contribution in [-0.4, -0.2) is 36.7 Å². The summed E-state index contributed by atoms with van der Waals surface area (Å²) >= 11 is 0. The average molecular weight is 265 g/mol. The van der Waals surface area contributed by atoms with Gasteiger partial charge in [-0.05, 0) is 18.4 Å². The highest BCUT2D eigenvalue weighted by Crippen LogP contribution is 1.99. The Labute approximate surface area is 112 Å². The maximum Gasteiger partial charge on any atom is 0.303 e. The molecule has 5 heteroatoms. The summed E-state index contributed by atoms with van der Waals surface area (Å²) in [5.74, 6) is -1.06. The molecule has 0 unspecified atom stereocenters. The highest BCUT2D eigenvalue weighted by molar-refractivity contribution is 5.77. The Kier molecular flexibility index (Phi) is 7.27. The summed E-state index contributed by atoms with van der Waals surface area (Å²) in [6, 6.07) is 9.90. The molecule has 104 valence electrons. The van der Waals surface area contributed by atoms with E-state index < -0.39 is 5.97 Å². The van der Waals surface area contributed by atoms with E-state index in [4.69, 9.17) is 9.84 Å². The number of ether oxygens (including phenoxy) is 1. The molecule has 0 saturated heterocycles. The van der Waals surface area contributed by atoms with Crippen molar-refractivity contribution < 1.29 is 19.4 Å². The topological polar surface area (TPSA) is 75.6 Å². The van der Waals surface area contributed by atoms with Gasteiger partial charge >= 0.3 is 5.97 Å². The van der Waals surface area contributed by atoms with Crippen LogP contribution in [0.25, 0.3) is 0 Å². The molecule has 0 saturated carbocycles. The summed E-state index contributed by atoms with van der Waals surface area (Å²) in [5.41, 5.74) is 1.17. The fourth-order valence-corrected chi connectivity index (χ4v) is 1.52. The average Bonchev–Trinajstić information content (AvgIpc) is 2.41. The number of amides is 1. The first-order valence-corrected chi connectivity index (χ1v) is 6.28. The lowest BCUT2D eigenvalue weighted by Crippen LogP contribution is -2.29. The van der Waals surface area contributed by atoms with Crippen molar-refractivity contribution in [2.75, 3.05) is 19.8 Å². The van der Waals surface area contributed by atoms with Crippen LogP contribution in [-0.2, 0) is 20.7 Å². The summed E-state index contributed by atoms with van der Waals surface area (Å²) in [6.45, 7) is 0.875. The van der Waals surface area contributed by atoms with Crippen molar-refractivity contribution in [1.82, 2.24) is 5.32 Å². The maximum absolute atomic E-state index is 11.3. The number of nitrogens with one attached hydrogen (secondary N) is 1. The van der Waals surface area contributed by atoms with Crippen LogP contribution in [0.15, 0.2) is 30.3 Å². The number of carboxylic acids is 1. The number of hydrogen-bond acceptors (Lipinski definition) is 3. The second kappa shape index (κ2) is 9.10. The van der Waals surface area contributed by atoms with Gasteiger partial charge in [-0.2, -0.15) is 0 Å². The van der Waals surface area contributed by atoms with Crippen molar-refractivity contribution in [1.29, 1.82) is 0 Å². The van der Waals surface area contributed by atoms with Crippen LogP contribution in [0, 0.1) is 0 Å². The Morgan fingerprint density at radius 2 is 1.95 bits per heavy atom. The van der Waals surface area contributed by atoms with E-state index in [1.165, 1.54) is 5.56 Å². The van der Waals surface area contributed by atoms with E-state index in [9.17, 15) is 9.59 Å². The Hall–Kier alpha value is -1.88. The fraction of sp³-hybridized carbons (Fsp3) is 0.429. The van der Waals surface area contributed by atoms with Crippen LogP contribution in [0.4, 0.5) is 0 Å². The molecule has 0 fully saturated rings. The van der Waals surface area contributed by atoms with Gasteiger partial charge < -0.3 is 15.2 Å². The van der Waals surface area contributed by atoms with Gasteiger partial charge in [0.15, 0.2) is 0 Å². The van der Waals surface area contributed by atoms with E-state index in [1.54, 1.807) is 0 Å². The van der Waals surface area contributed by atoms with E-state index in [1.807, 2.05) is 30.3 Å². The second-order valence-corrected chi connectivity index (χ2v) is 4.14. The standard InChI is InChI=1S/C14H19NO4/c16-13(15-9-4-7-14(17)18)11-19-10-8-12-5-2-1-3-6-12/h1-3,5-6H,4,7-11H2,(H,15,16)(H,17,18). The fourth-order valence-electron chi connectivity index (χ4n) is 1.52. The molecule has 1 aromatic rings. The zero-order chi connectivity index (χ0) is 13.9. The van der Waals surface area contributed by atoms with Gasteiger partial charge in [-0.25, -0.2) is 0 Å². The first-order valence-electron chi connectivity index (χ1n) is 6.28. The highest BCUT2D eigenvalue weighted by atomic mass is 16.5. The highest BCUT2D eigenvalue weighted by Gasteiger charge is 2.02. The van der Waals surface area contributed by atoms with Gasteiger partial charge in [0.2, 0.25) is 5.91 Å². The number of benzene rings is 1. The summed E-state index contributed by atoms with van der Waals surface area (Å²) in [7, 11) is 0. The molecular weight excluding hydrogens is 246 g/mol. The first kappa shape index (κ1) is 15.2. The molecule has 19 heavy (non-hydrogen) atoms. The molecule has 0 aliphatic heterocycles. The zero-order valence-electron chi connectivity index (χ0n) is 10.8.